The number of nitrogen functional groups attached to an aromatic ring is 1. The zero-order valence-corrected chi connectivity index (χ0v) is 16.1. The summed E-state index contributed by atoms with van der Waals surface area (Å²) < 4.78 is 31.3. The number of nitrogens with two attached hydrogens (primary N) is 1. The second-order valence-corrected chi connectivity index (χ2v) is 9.19. The van der Waals surface area contributed by atoms with E-state index in [0.29, 0.717) is 42.0 Å². The number of sulfone groups is 1. The Bertz CT molecular complexity index is 1040. The van der Waals surface area contributed by atoms with Crippen LogP contribution >= 0.6 is 0 Å². The molecule has 2 aromatic rings. The van der Waals surface area contributed by atoms with Crippen molar-refractivity contribution < 1.29 is 22.9 Å². The maximum absolute atomic E-state index is 13.1. The van der Waals surface area contributed by atoms with E-state index in [1.807, 2.05) is 0 Å². The molecule has 2 aliphatic rings. The fourth-order valence-electron chi connectivity index (χ4n) is 3.53. The van der Waals surface area contributed by atoms with Crippen LogP contribution in [0.1, 0.15) is 23.1 Å². The number of hydrogen-bond acceptors (Lipinski definition) is 6. The first-order valence-electron chi connectivity index (χ1n) is 9.14. The Hall–Kier alpha value is -2.36. The number of carbonyl (C=O) groups excluding carboxylic acids is 1. The van der Waals surface area contributed by atoms with Gasteiger partial charge in [0.15, 0.2) is 9.84 Å². The Morgan fingerprint density at radius 1 is 1.21 bits per heavy atom. The van der Waals surface area contributed by atoms with Gasteiger partial charge in [-0.1, -0.05) is 18.2 Å². The minimum Gasteiger partial charge on any atom is -0.423 e. The zero-order chi connectivity index (χ0) is 19.9. The second-order valence-electron chi connectivity index (χ2n) is 7.23. The van der Waals surface area contributed by atoms with Gasteiger partial charge in [-0.3, -0.25) is 4.79 Å². The summed E-state index contributed by atoms with van der Waals surface area (Å²) in [7, 11) is -4.73. The van der Waals surface area contributed by atoms with Crippen LogP contribution in [0.4, 0.5) is 5.69 Å². The van der Waals surface area contributed by atoms with Gasteiger partial charge >= 0.3 is 7.12 Å². The molecular weight excluding hydrogens is 379 g/mol. The van der Waals surface area contributed by atoms with Crippen LogP contribution in [-0.2, 0) is 38.1 Å². The Morgan fingerprint density at radius 2 is 2.00 bits per heavy atom. The van der Waals surface area contributed by atoms with Crippen LogP contribution in [0.5, 0.6) is 0 Å². The number of hydrogen-bond donors (Lipinski definition) is 2. The van der Waals surface area contributed by atoms with E-state index in [1.165, 1.54) is 12.1 Å². The average molecular weight is 400 g/mol. The maximum atomic E-state index is 13.1. The van der Waals surface area contributed by atoms with Crippen LogP contribution in [0.3, 0.4) is 0 Å². The molecule has 7 nitrogen and oxygen atoms in total. The highest BCUT2D eigenvalue weighted by atomic mass is 32.2. The molecule has 3 N–H and O–H groups in total. The van der Waals surface area contributed by atoms with Crippen LogP contribution in [0.15, 0.2) is 41.3 Å². The lowest BCUT2D eigenvalue weighted by Crippen LogP contribution is -2.43. The van der Waals surface area contributed by atoms with E-state index in [1.54, 1.807) is 29.2 Å². The van der Waals surface area contributed by atoms with E-state index in [4.69, 9.17) is 10.4 Å². The van der Waals surface area contributed by atoms with Crippen molar-refractivity contribution in [2.75, 3.05) is 18.8 Å². The van der Waals surface area contributed by atoms with Crippen molar-refractivity contribution in [3.05, 3.63) is 53.1 Å². The molecule has 0 aromatic heterocycles. The molecule has 1 saturated heterocycles. The molecule has 28 heavy (non-hydrogen) atoms. The Labute approximate surface area is 164 Å². The fourth-order valence-corrected chi connectivity index (χ4v) is 5.11. The fraction of sp³-hybridized carbons (Fsp3) is 0.316. The topological polar surface area (TPSA) is 110 Å². The predicted molar refractivity (Wildman–Crippen MR) is 105 cm³/mol. The molecule has 0 bridgehead atoms. The number of fused-ring (bicyclic) bond motifs is 1. The molecule has 146 valence electrons. The molecule has 2 aliphatic heterocycles. The number of benzene rings is 2. The number of nitrogens with zero attached hydrogens (tertiary/aromatic N) is 1. The summed E-state index contributed by atoms with van der Waals surface area (Å²) in [5, 5.41) is 9.85. The highest BCUT2D eigenvalue weighted by molar-refractivity contribution is 7.90. The quantitative estimate of drug-likeness (QED) is 0.550. The van der Waals surface area contributed by atoms with Crippen molar-refractivity contribution in [1.29, 1.82) is 0 Å². The van der Waals surface area contributed by atoms with Crippen molar-refractivity contribution in [3.63, 3.8) is 0 Å². The summed E-state index contributed by atoms with van der Waals surface area (Å²) in [5.74, 6) is -0.326. The van der Waals surface area contributed by atoms with E-state index >= 15 is 0 Å². The molecule has 2 aromatic carbocycles. The minimum absolute atomic E-state index is 0.0103. The van der Waals surface area contributed by atoms with Gasteiger partial charge in [0, 0.05) is 18.8 Å². The average Bonchev–Trinajstić information content (AvgIpc) is 2.93. The first-order chi connectivity index (χ1) is 13.3. The molecule has 1 amide bonds. The van der Waals surface area contributed by atoms with Crippen LogP contribution in [-0.4, -0.2) is 44.5 Å². The van der Waals surface area contributed by atoms with Crippen molar-refractivity contribution >= 4 is 34.0 Å². The lowest BCUT2D eigenvalue weighted by molar-refractivity contribution is -0.133. The number of anilines is 1. The summed E-state index contributed by atoms with van der Waals surface area (Å²) in [5.41, 5.74) is 8.67. The first-order valence-corrected chi connectivity index (χ1v) is 10.8. The summed E-state index contributed by atoms with van der Waals surface area (Å²) in [6.45, 7) is 1.73. The van der Waals surface area contributed by atoms with Crippen molar-refractivity contribution in [1.82, 2.24) is 4.90 Å². The smallest absolute Gasteiger partial charge is 0.423 e. The third kappa shape index (κ3) is 3.65. The van der Waals surface area contributed by atoms with Crippen molar-refractivity contribution in [3.8, 4) is 0 Å². The van der Waals surface area contributed by atoms with Gasteiger partial charge in [0.2, 0.25) is 5.91 Å². The van der Waals surface area contributed by atoms with Crippen LogP contribution in [0.2, 0.25) is 0 Å². The van der Waals surface area contributed by atoms with Crippen molar-refractivity contribution in [2.24, 2.45) is 0 Å². The number of amides is 1. The molecule has 2 heterocycles. The van der Waals surface area contributed by atoms with Crippen LogP contribution in [0.25, 0.3) is 0 Å². The largest absolute Gasteiger partial charge is 0.491 e. The predicted octanol–water partition coefficient (Wildman–Crippen LogP) is 0.235. The first kappa shape index (κ1) is 19.0. The van der Waals surface area contributed by atoms with Gasteiger partial charge in [-0.15, -0.1) is 0 Å². The zero-order valence-electron chi connectivity index (χ0n) is 15.3. The molecule has 0 aliphatic carbocycles. The lowest BCUT2D eigenvalue weighted by Gasteiger charge is -2.31. The van der Waals surface area contributed by atoms with Crippen LogP contribution < -0.4 is 11.2 Å². The Balaban J connectivity index is 1.62. The SMILES string of the molecule is Nc1ccc(S(=O)(=O)Cc2ccc3c(c2)B(O)OC3)c(CC(=O)N2CCC2)c1. The molecule has 0 spiro atoms. The molecule has 0 saturated carbocycles. The van der Waals surface area contributed by atoms with Crippen molar-refractivity contribution in [2.45, 2.75) is 30.1 Å². The molecule has 9 heteroatoms. The monoisotopic (exact) mass is 400 g/mol. The van der Waals surface area contributed by atoms with Gasteiger partial charge < -0.3 is 20.3 Å². The Kier molecular flexibility index (Phi) is 4.90. The summed E-state index contributed by atoms with van der Waals surface area (Å²) >= 11 is 0. The molecule has 0 radical (unpaired) electrons. The summed E-state index contributed by atoms with van der Waals surface area (Å²) in [4.78, 5) is 14.2. The number of carbonyl (C=O) groups is 1. The second kappa shape index (κ2) is 7.23. The highest BCUT2D eigenvalue weighted by Crippen LogP contribution is 2.25. The van der Waals surface area contributed by atoms with Gasteiger partial charge in [0.05, 0.1) is 23.7 Å². The van der Waals surface area contributed by atoms with E-state index < -0.39 is 17.0 Å². The molecule has 4 rings (SSSR count). The minimum atomic E-state index is -3.70. The molecule has 1 fully saturated rings. The number of rotatable bonds is 5. The molecule has 0 unspecified atom stereocenters. The van der Waals surface area contributed by atoms with Crippen LogP contribution in [0, 0.1) is 0 Å². The molecule has 0 atom stereocenters. The van der Waals surface area contributed by atoms with E-state index in [2.05, 4.69) is 0 Å². The lowest BCUT2D eigenvalue weighted by atomic mass is 9.79. The normalized spacial score (nSPS) is 16.0. The highest BCUT2D eigenvalue weighted by Gasteiger charge is 2.29. The number of likely N-dealkylation sites (tertiary alicyclic amines) is 1. The van der Waals surface area contributed by atoms with E-state index in [-0.39, 0.29) is 23.0 Å². The van der Waals surface area contributed by atoms with E-state index in [0.717, 1.165) is 12.0 Å². The van der Waals surface area contributed by atoms with E-state index in [9.17, 15) is 18.2 Å². The summed E-state index contributed by atoms with van der Waals surface area (Å²) in [6, 6.07) is 9.71. The third-order valence-electron chi connectivity index (χ3n) is 5.20. The Morgan fingerprint density at radius 3 is 2.71 bits per heavy atom. The molecular formula is C19H21BN2O5S. The van der Waals surface area contributed by atoms with Gasteiger partial charge in [-0.25, -0.2) is 8.42 Å². The summed E-state index contributed by atoms with van der Waals surface area (Å²) in [6.07, 6.45) is 0.984. The standard InChI is InChI=1S/C19H21BN2O5S/c21-16-4-5-18(15(9-16)10-19(23)22-6-1-7-22)28(25,26)12-13-2-3-14-11-27-20(24)17(14)8-13/h2-5,8-9,24H,1,6-7,10-12,21H2. The maximum Gasteiger partial charge on any atom is 0.491 e. The van der Waals surface area contributed by atoms with Gasteiger partial charge in [0.1, 0.15) is 0 Å². The van der Waals surface area contributed by atoms with Gasteiger partial charge in [-0.2, -0.15) is 0 Å². The van der Waals surface area contributed by atoms with Gasteiger partial charge in [-0.05, 0) is 46.8 Å². The van der Waals surface area contributed by atoms with Gasteiger partial charge in [0.25, 0.3) is 0 Å². The third-order valence-corrected chi connectivity index (χ3v) is 6.98.